The Bertz CT molecular complexity index is 761. The van der Waals surface area contributed by atoms with Crippen molar-refractivity contribution in [1.29, 1.82) is 0 Å². The van der Waals surface area contributed by atoms with Gasteiger partial charge in [-0.1, -0.05) is 23.9 Å². The Kier molecular flexibility index (Phi) is 5.09. The van der Waals surface area contributed by atoms with E-state index in [9.17, 15) is 22.8 Å². The number of thioether (sulfide) groups is 1. The molecule has 5 nitrogen and oxygen atoms in total. The Morgan fingerprint density at radius 3 is 2.65 bits per heavy atom. The first-order valence-corrected chi connectivity index (χ1v) is 7.34. The number of alkyl halides is 3. The van der Waals surface area contributed by atoms with Crippen LogP contribution in [0, 0.1) is 0 Å². The van der Waals surface area contributed by atoms with E-state index in [1.807, 2.05) is 0 Å². The molecular formula is C14H12F3N3O2S. The lowest BCUT2D eigenvalue weighted by Gasteiger charge is -2.15. The molecule has 0 saturated heterocycles. The van der Waals surface area contributed by atoms with E-state index >= 15 is 0 Å². The third-order valence-electron chi connectivity index (χ3n) is 2.80. The van der Waals surface area contributed by atoms with Gasteiger partial charge in [0.15, 0.2) is 5.16 Å². The Hall–Kier alpha value is -2.29. The standard InChI is InChI=1S/C14H12F3N3O2S/c1-8(23-13-18-7-6-11(21)20-13)12(22)19-10-5-3-2-4-9(10)14(15,16)17/h2-8H,1H3,(H,19,22)(H,18,20,21)/t8-/m1/s1. The minimum absolute atomic E-state index is 0.212. The second-order valence-corrected chi connectivity index (χ2v) is 5.86. The smallest absolute Gasteiger partial charge is 0.325 e. The van der Waals surface area contributed by atoms with Crippen LogP contribution >= 0.6 is 11.8 Å². The van der Waals surface area contributed by atoms with Crippen molar-refractivity contribution in [3.63, 3.8) is 0 Å². The van der Waals surface area contributed by atoms with Crippen LogP contribution in [-0.4, -0.2) is 21.1 Å². The SMILES string of the molecule is C[C@@H](Sc1nccc(=O)[nH]1)C(=O)Nc1ccccc1C(F)(F)F. The molecule has 0 aliphatic carbocycles. The van der Waals surface area contributed by atoms with Crippen LogP contribution in [-0.2, 0) is 11.0 Å². The third-order valence-corrected chi connectivity index (χ3v) is 3.79. The van der Waals surface area contributed by atoms with Gasteiger partial charge in [-0.05, 0) is 19.1 Å². The van der Waals surface area contributed by atoms with Crippen LogP contribution in [0.1, 0.15) is 12.5 Å². The van der Waals surface area contributed by atoms with Gasteiger partial charge in [0.05, 0.1) is 16.5 Å². The van der Waals surface area contributed by atoms with Crippen molar-refractivity contribution in [1.82, 2.24) is 9.97 Å². The Balaban J connectivity index is 2.12. The Labute approximate surface area is 133 Å². The molecule has 0 saturated carbocycles. The van der Waals surface area contributed by atoms with E-state index in [0.717, 1.165) is 17.8 Å². The monoisotopic (exact) mass is 343 g/mol. The maximum atomic E-state index is 12.9. The summed E-state index contributed by atoms with van der Waals surface area (Å²) in [4.78, 5) is 29.5. The van der Waals surface area contributed by atoms with E-state index in [1.165, 1.54) is 37.4 Å². The van der Waals surface area contributed by atoms with E-state index in [4.69, 9.17) is 0 Å². The Morgan fingerprint density at radius 1 is 1.30 bits per heavy atom. The van der Waals surface area contributed by atoms with Crippen LogP contribution < -0.4 is 10.9 Å². The molecule has 1 atom stereocenters. The predicted octanol–water partition coefficient (Wildman–Crippen LogP) is 2.91. The number of hydrogen-bond acceptors (Lipinski definition) is 4. The maximum Gasteiger partial charge on any atom is 0.418 e. The zero-order valence-corrected chi connectivity index (χ0v) is 12.7. The van der Waals surface area contributed by atoms with Gasteiger partial charge in [-0.3, -0.25) is 9.59 Å². The number of carbonyl (C=O) groups is 1. The molecular weight excluding hydrogens is 331 g/mol. The fourth-order valence-electron chi connectivity index (χ4n) is 1.71. The molecule has 2 rings (SSSR count). The summed E-state index contributed by atoms with van der Waals surface area (Å²) in [6.07, 6.45) is -3.28. The van der Waals surface area contributed by atoms with E-state index in [0.29, 0.717) is 0 Å². The summed E-state index contributed by atoms with van der Waals surface area (Å²) in [5.74, 6) is -0.627. The summed E-state index contributed by atoms with van der Waals surface area (Å²) in [6.45, 7) is 1.50. The predicted molar refractivity (Wildman–Crippen MR) is 80.3 cm³/mol. The number of nitrogens with zero attached hydrogens (tertiary/aromatic N) is 1. The summed E-state index contributed by atoms with van der Waals surface area (Å²) >= 11 is 0.938. The van der Waals surface area contributed by atoms with Crippen LogP contribution in [0.2, 0.25) is 0 Å². The number of halogens is 3. The average Bonchev–Trinajstić information content (AvgIpc) is 2.46. The first kappa shape index (κ1) is 17.1. The number of hydrogen-bond donors (Lipinski definition) is 2. The van der Waals surface area contributed by atoms with E-state index in [2.05, 4.69) is 15.3 Å². The lowest BCUT2D eigenvalue weighted by atomic mass is 10.1. The highest BCUT2D eigenvalue weighted by atomic mass is 32.2. The molecule has 0 bridgehead atoms. The lowest BCUT2D eigenvalue weighted by molar-refractivity contribution is -0.137. The molecule has 0 aliphatic rings. The summed E-state index contributed by atoms with van der Waals surface area (Å²) in [7, 11) is 0. The van der Waals surface area contributed by atoms with Crippen molar-refractivity contribution in [3.8, 4) is 0 Å². The van der Waals surface area contributed by atoms with Crippen molar-refractivity contribution in [2.75, 3.05) is 5.32 Å². The second kappa shape index (κ2) is 6.86. The van der Waals surface area contributed by atoms with Crippen LogP contribution in [0.15, 0.2) is 46.5 Å². The Morgan fingerprint density at radius 2 is 2.00 bits per heavy atom. The average molecular weight is 343 g/mol. The number of nitrogens with one attached hydrogen (secondary N) is 2. The van der Waals surface area contributed by atoms with E-state index in [-0.39, 0.29) is 16.4 Å². The molecule has 1 aromatic heterocycles. The number of para-hydroxylation sites is 1. The second-order valence-electron chi connectivity index (χ2n) is 4.53. The fourth-order valence-corrected chi connectivity index (χ4v) is 2.49. The molecule has 1 aromatic carbocycles. The molecule has 1 amide bonds. The number of aromatic amines is 1. The van der Waals surface area contributed by atoms with Crippen molar-refractivity contribution in [2.24, 2.45) is 0 Å². The molecule has 2 N–H and O–H groups in total. The van der Waals surface area contributed by atoms with Gasteiger partial charge in [0.25, 0.3) is 5.56 Å². The molecule has 122 valence electrons. The van der Waals surface area contributed by atoms with Crippen LogP contribution in [0.5, 0.6) is 0 Å². The van der Waals surface area contributed by atoms with Crippen molar-refractivity contribution in [2.45, 2.75) is 23.5 Å². The van der Waals surface area contributed by atoms with E-state index < -0.39 is 22.9 Å². The van der Waals surface area contributed by atoms with Gasteiger partial charge in [0.2, 0.25) is 5.91 Å². The molecule has 2 aromatic rings. The number of carbonyl (C=O) groups excluding carboxylic acids is 1. The van der Waals surface area contributed by atoms with Crippen LogP contribution in [0.4, 0.5) is 18.9 Å². The highest BCUT2D eigenvalue weighted by Crippen LogP contribution is 2.34. The highest BCUT2D eigenvalue weighted by molar-refractivity contribution is 8.00. The van der Waals surface area contributed by atoms with Crippen molar-refractivity contribution in [3.05, 3.63) is 52.4 Å². The van der Waals surface area contributed by atoms with Crippen LogP contribution in [0.3, 0.4) is 0 Å². The lowest BCUT2D eigenvalue weighted by Crippen LogP contribution is -2.24. The molecule has 1 heterocycles. The number of benzene rings is 1. The van der Waals surface area contributed by atoms with Gasteiger partial charge >= 0.3 is 6.18 Å². The highest BCUT2D eigenvalue weighted by Gasteiger charge is 2.33. The topological polar surface area (TPSA) is 74.8 Å². The number of H-pyrrole nitrogens is 1. The van der Waals surface area contributed by atoms with E-state index in [1.54, 1.807) is 0 Å². The number of rotatable bonds is 4. The van der Waals surface area contributed by atoms with Crippen molar-refractivity contribution < 1.29 is 18.0 Å². The molecule has 0 fully saturated rings. The van der Waals surface area contributed by atoms with Crippen molar-refractivity contribution >= 4 is 23.4 Å². The van der Waals surface area contributed by atoms with Gasteiger partial charge < -0.3 is 10.3 Å². The van der Waals surface area contributed by atoms with Crippen LogP contribution in [0.25, 0.3) is 0 Å². The minimum Gasteiger partial charge on any atom is -0.325 e. The molecule has 0 spiro atoms. The molecule has 9 heteroatoms. The van der Waals surface area contributed by atoms with Gasteiger partial charge in [0, 0.05) is 12.3 Å². The fraction of sp³-hybridized carbons (Fsp3) is 0.214. The first-order chi connectivity index (χ1) is 10.8. The van der Waals surface area contributed by atoms with Gasteiger partial charge in [-0.25, -0.2) is 4.98 Å². The van der Waals surface area contributed by atoms with Gasteiger partial charge in [0.1, 0.15) is 0 Å². The summed E-state index contributed by atoms with van der Waals surface area (Å²) < 4.78 is 38.7. The quantitative estimate of drug-likeness (QED) is 0.661. The largest absolute Gasteiger partial charge is 0.418 e. The molecule has 0 radical (unpaired) electrons. The normalized spacial score (nSPS) is 12.7. The zero-order valence-electron chi connectivity index (χ0n) is 11.8. The molecule has 23 heavy (non-hydrogen) atoms. The molecule has 0 aliphatic heterocycles. The number of aromatic nitrogens is 2. The molecule has 0 unspecified atom stereocenters. The zero-order chi connectivity index (χ0) is 17.0. The van der Waals surface area contributed by atoms with Gasteiger partial charge in [-0.15, -0.1) is 0 Å². The number of amides is 1. The minimum atomic E-state index is -4.56. The maximum absolute atomic E-state index is 12.9. The summed E-state index contributed by atoms with van der Waals surface area (Å²) in [6, 6.07) is 5.94. The summed E-state index contributed by atoms with van der Waals surface area (Å²) in [5.41, 5.74) is -1.61. The van der Waals surface area contributed by atoms with Gasteiger partial charge in [-0.2, -0.15) is 13.2 Å². The summed E-state index contributed by atoms with van der Waals surface area (Å²) in [5, 5.41) is 1.72. The third kappa shape index (κ3) is 4.59. The number of anilines is 1. The first-order valence-electron chi connectivity index (χ1n) is 6.46.